The fourth-order valence-electron chi connectivity index (χ4n) is 1.37. The summed E-state index contributed by atoms with van der Waals surface area (Å²) >= 11 is 0. The SMILES string of the molecule is COCCOCCCNC(=O)N[C@H](CCC(N)=O)C(=O)O. The molecule has 0 saturated heterocycles. The van der Waals surface area contributed by atoms with Crippen LogP contribution in [0.3, 0.4) is 0 Å². The highest BCUT2D eigenvalue weighted by molar-refractivity contribution is 5.83. The van der Waals surface area contributed by atoms with Gasteiger partial charge in [0.05, 0.1) is 13.2 Å². The minimum absolute atomic E-state index is 0.0434. The molecule has 0 aliphatic rings. The topological polar surface area (TPSA) is 140 Å². The number of aliphatic carboxylic acids is 1. The summed E-state index contributed by atoms with van der Waals surface area (Å²) in [6.45, 7) is 1.81. The van der Waals surface area contributed by atoms with Crippen molar-refractivity contribution >= 4 is 17.9 Å². The standard InChI is InChI=1S/C12H23N3O6/c1-20-7-8-21-6-2-5-14-12(19)15-9(11(17)18)3-4-10(13)16/h9H,2-8H2,1H3,(H2,13,16)(H,17,18)(H2,14,15,19)/t9-/m1/s1. The maximum Gasteiger partial charge on any atom is 0.326 e. The van der Waals surface area contributed by atoms with Gasteiger partial charge in [0, 0.05) is 26.7 Å². The Morgan fingerprint density at radius 2 is 1.95 bits per heavy atom. The Hall–Kier alpha value is -1.87. The molecule has 0 heterocycles. The Balaban J connectivity index is 3.78. The molecule has 0 aromatic carbocycles. The van der Waals surface area contributed by atoms with Crippen LogP contribution < -0.4 is 16.4 Å². The molecule has 0 bridgehead atoms. The minimum atomic E-state index is -1.21. The summed E-state index contributed by atoms with van der Waals surface area (Å²) in [5, 5.41) is 13.7. The molecule has 0 spiro atoms. The van der Waals surface area contributed by atoms with E-state index in [1.54, 1.807) is 7.11 Å². The summed E-state index contributed by atoms with van der Waals surface area (Å²) in [7, 11) is 1.58. The van der Waals surface area contributed by atoms with Crippen LogP contribution >= 0.6 is 0 Å². The van der Waals surface area contributed by atoms with Crippen molar-refractivity contribution < 1.29 is 29.0 Å². The molecular formula is C12H23N3O6. The van der Waals surface area contributed by atoms with Gasteiger partial charge in [0.25, 0.3) is 0 Å². The van der Waals surface area contributed by atoms with Crippen LogP contribution in [-0.2, 0) is 19.1 Å². The second-order valence-corrected chi connectivity index (χ2v) is 4.25. The third-order valence-corrected chi connectivity index (χ3v) is 2.47. The highest BCUT2D eigenvalue weighted by atomic mass is 16.5. The Morgan fingerprint density at radius 1 is 1.24 bits per heavy atom. The Labute approximate surface area is 123 Å². The monoisotopic (exact) mass is 305 g/mol. The molecule has 5 N–H and O–H groups in total. The van der Waals surface area contributed by atoms with Crippen molar-refractivity contribution in [2.75, 3.05) is 33.5 Å². The van der Waals surface area contributed by atoms with E-state index < -0.39 is 23.9 Å². The molecule has 0 unspecified atom stereocenters. The van der Waals surface area contributed by atoms with Gasteiger partial charge in [-0.2, -0.15) is 0 Å². The zero-order valence-corrected chi connectivity index (χ0v) is 12.1. The number of hydrogen-bond donors (Lipinski definition) is 4. The van der Waals surface area contributed by atoms with Crippen LogP contribution in [0.5, 0.6) is 0 Å². The molecule has 0 fully saturated rings. The van der Waals surface area contributed by atoms with E-state index in [0.29, 0.717) is 32.8 Å². The Bertz CT molecular complexity index is 337. The molecule has 1 atom stereocenters. The molecule has 0 rings (SSSR count). The second kappa shape index (κ2) is 11.9. The number of nitrogens with one attached hydrogen (secondary N) is 2. The predicted octanol–water partition coefficient (Wildman–Crippen LogP) is -0.943. The first-order valence-electron chi connectivity index (χ1n) is 6.59. The first-order valence-corrected chi connectivity index (χ1v) is 6.59. The van der Waals surface area contributed by atoms with Gasteiger partial charge >= 0.3 is 12.0 Å². The number of urea groups is 1. The number of nitrogens with two attached hydrogens (primary N) is 1. The highest BCUT2D eigenvalue weighted by Crippen LogP contribution is 1.97. The zero-order chi connectivity index (χ0) is 16.1. The van der Waals surface area contributed by atoms with Crippen molar-refractivity contribution in [3.05, 3.63) is 0 Å². The van der Waals surface area contributed by atoms with Gasteiger partial charge in [-0.15, -0.1) is 0 Å². The van der Waals surface area contributed by atoms with E-state index in [0.717, 1.165) is 0 Å². The first kappa shape index (κ1) is 19.1. The molecule has 21 heavy (non-hydrogen) atoms. The number of carboxylic acid groups (broad SMARTS) is 1. The third-order valence-electron chi connectivity index (χ3n) is 2.47. The van der Waals surface area contributed by atoms with Gasteiger partial charge in [-0.25, -0.2) is 9.59 Å². The molecule has 0 saturated carbocycles. The number of methoxy groups -OCH3 is 1. The summed E-state index contributed by atoms with van der Waals surface area (Å²) in [5.74, 6) is -1.83. The average Bonchev–Trinajstić information content (AvgIpc) is 2.41. The minimum Gasteiger partial charge on any atom is -0.480 e. The fourth-order valence-corrected chi connectivity index (χ4v) is 1.37. The van der Waals surface area contributed by atoms with Crippen LogP contribution in [0.1, 0.15) is 19.3 Å². The van der Waals surface area contributed by atoms with Crippen molar-refractivity contribution in [2.24, 2.45) is 5.73 Å². The van der Waals surface area contributed by atoms with Crippen molar-refractivity contribution in [1.82, 2.24) is 10.6 Å². The largest absolute Gasteiger partial charge is 0.480 e. The van der Waals surface area contributed by atoms with Gasteiger partial charge in [-0.3, -0.25) is 4.79 Å². The third kappa shape index (κ3) is 11.6. The van der Waals surface area contributed by atoms with Gasteiger partial charge < -0.3 is 30.9 Å². The smallest absolute Gasteiger partial charge is 0.326 e. The molecule has 0 radical (unpaired) electrons. The van der Waals surface area contributed by atoms with Crippen LogP contribution in [0.2, 0.25) is 0 Å². The van der Waals surface area contributed by atoms with E-state index >= 15 is 0 Å². The molecule has 122 valence electrons. The molecule has 0 aromatic heterocycles. The lowest BCUT2D eigenvalue weighted by molar-refractivity contribution is -0.139. The number of rotatable bonds is 12. The van der Waals surface area contributed by atoms with Gasteiger partial charge in [0.1, 0.15) is 6.04 Å². The Morgan fingerprint density at radius 3 is 2.52 bits per heavy atom. The van der Waals surface area contributed by atoms with Crippen molar-refractivity contribution in [1.29, 1.82) is 0 Å². The lowest BCUT2D eigenvalue weighted by Crippen LogP contribution is -2.46. The lowest BCUT2D eigenvalue weighted by Gasteiger charge is -2.14. The number of carbonyl (C=O) groups is 3. The van der Waals surface area contributed by atoms with Crippen LogP contribution in [0.15, 0.2) is 0 Å². The van der Waals surface area contributed by atoms with E-state index in [9.17, 15) is 14.4 Å². The molecule has 0 aliphatic carbocycles. The molecule has 9 nitrogen and oxygen atoms in total. The van der Waals surface area contributed by atoms with E-state index in [1.165, 1.54) is 0 Å². The number of carbonyl (C=O) groups excluding carboxylic acids is 2. The fraction of sp³-hybridized carbons (Fsp3) is 0.750. The van der Waals surface area contributed by atoms with Crippen LogP contribution in [0.25, 0.3) is 0 Å². The summed E-state index contributed by atoms with van der Waals surface area (Å²) in [5.41, 5.74) is 4.94. The van der Waals surface area contributed by atoms with Crippen molar-refractivity contribution in [3.8, 4) is 0 Å². The summed E-state index contributed by atoms with van der Waals surface area (Å²) in [4.78, 5) is 33.0. The number of amides is 3. The predicted molar refractivity (Wildman–Crippen MR) is 73.7 cm³/mol. The molecular weight excluding hydrogens is 282 g/mol. The summed E-state index contributed by atoms with van der Waals surface area (Å²) in [6, 6.07) is -1.75. The van der Waals surface area contributed by atoms with Gasteiger partial charge in [-0.1, -0.05) is 0 Å². The number of primary amides is 1. The number of hydrogen-bond acceptors (Lipinski definition) is 5. The number of carboxylic acids is 1. The van der Waals surface area contributed by atoms with E-state index in [1.807, 2.05) is 0 Å². The lowest BCUT2D eigenvalue weighted by atomic mass is 10.1. The molecule has 9 heteroatoms. The number of ether oxygens (including phenoxy) is 2. The molecule has 0 aliphatic heterocycles. The summed E-state index contributed by atoms with van der Waals surface area (Å²) < 4.78 is 10.00. The zero-order valence-electron chi connectivity index (χ0n) is 12.1. The molecule has 3 amide bonds. The maximum atomic E-state index is 11.5. The van der Waals surface area contributed by atoms with Gasteiger partial charge in [0.2, 0.25) is 5.91 Å². The van der Waals surface area contributed by atoms with Crippen molar-refractivity contribution in [2.45, 2.75) is 25.3 Å². The van der Waals surface area contributed by atoms with Crippen LogP contribution in [-0.4, -0.2) is 62.5 Å². The van der Waals surface area contributed by atoms with E-state index in [4.69, 9.17) is 20.3 Å². The van der Waals surface area contributed by atoms with E-state index in [-0.39, 0.29) is 12.8 Å². The second-order valence-electron chi connectivity index (χ2n) is 4.25. The summed E-state index contributed by atoms with van der Waals surface area (Å²) in [6.07, 6.45) is 0.443. The normalized spacial score (nSPS) is 11.7. The maximum absolute atomic E-state index is 11.5. The van der Waals surface area contributed by atoms with Crippen LogP contribution in [0.4, 0.5) is 4.79 Å². The molecule has 0 aromatic rings. The highest BCUT2D eigenvalue weighted by Gasteiger charge is 2.20. The quantitative estimate of drug-likeness (QED) is 0.343. The van der Waals surface area contributed by atoms with E-state index in [2.05, 4.69) is 10.6 Å². The average molecular weight is 305 g/mol. The van der Waals surface area contributed by atoms with Crippen molar-refractivity contribution in [3.63, 3.8) is 0 Å². The van der Waals surface area contributed by atoms with Gasteiger partial charge in [-0.05, 0) is 12.8 Å². The Kier molecular flexibility index (Phi) is 10.9. The van der Waals surface area contributed by atoms with Gasteiger partial charge in [0.15, 0.2) is 0 Å². The van der Waals surface area contributed by atoms with Crippen LogP contribution in [0, 0.1) is 0 Å². The first-order chi connectivity index (χ1) is 9.97.